The molecule has 0 aliphatic rings. The van der Waals surface area contributed by atoms with E-state index in [0.29, 0.717) is 19.3 Å². The number of carbonyl (C=O) groups excluding carboxylic acids is 2. The highest BCUT2D eigenvalue weighted by atomic mass is 16.5. The molecule has 6 nitrogen and oxygen atoms in total. The smallest absolute Gasteiger partial charge is 0.306 e. The highest BCUT2D eigenvalue weighted by Gasteiger charge is 2.24. The number of hydrogen-bond acceptors (Lipinski definition) is 5. The molecule has 0 aromatic heterocycles. The van der Waals surface area contributed by atoms with E-state index in [1.54, 1.807) is 0 Å². The summed E-state index contributed by atoms with van der Waals surface area (Å²) >= 11 is 0. The quantitative estimate of drug-likeness (QED) is 0.0331. The number of hydrogen-bond donors (Lipinski definition) is 3. The van der Waals surface area contributed by atoms with Crippen molar-refractivity contribution in [1.29, 1.82) is 0 Å². The Balaban J connectivity index is 4.63. The highest BCUT2D eigenvalue weighted by Crippen LogP contribution is 2.16. The molecule has 0 spiro atoms. The van der Waals surface area contributed by atoms with Crippen LogP contribution in [0.3, 0.4) is 0 Å². The van der Waals surface area contributed by atoms with E-state index in [0.717, 1.165) is 64.2 Å². The van der Waals surface area contributed by atoms with Gasteiger partial charge in [0.2, 0.25) is 5.91 Å². The van der Waals surface area contributed by atoms with Crippen LogP contribution in [-0.4, -0.2) is 46.9 Å². The molecule has 0 saturated carbocycles. The zero-order chi connectivity index (χ0) is 38.2. The van der Waals surface area contributed by atoms with Gasteiger partial charge < -0.3 is 20.3 Å². The molecule has 3 N–H and O–H groups in total. The predicted octanol–water partition coefficient (Wildman–Crippen LogP) is 12.8. The number of unbranched alkanes of at least 4 members (excludes halogenated alkanes) is 24. The van der Waals surface area contributed by atoms with Crippen LogP contribution in [0.5, 0.6) is 0 Å². The zero-order valence-corrected chi connectivity index (χ0v) is 34.7. The van der Waals surface area contributed by atoms with Crippen LogP contribution < -0.4 is 5.32 Å². The van der Waals surface area contributed by atoms with Crippen molar-refractivity contribution >= 4 is 11.9 Å². The summed E-state index contributed by atoms with van der Waals surface area (Å²) in [6.45, 7) is 6.41. The van der Waals surface area contributed by atoms with Gasteiger partial charge in [-0.3, -0.25) is 9.59 Å². The first-order valence-electron chi connectivity index (χ1n) is 22.6. The molecule has 0 fully saturated rings. The molecule has 3 unspecified atom stereocenters. The van der Waals surface area contributed by atoms with Crippen LogP contribution in [0, 0.1) is 0 Å². The van der Waals surface area contributed by atoms with E-state index in [1.807, 2.05) is 0 Å². The maximum Gasteiger partial charge on any atom is 0.306 e. The van der Waals surface area contributed by atoms with Crippen LogP contribution in [0.1, 0.15) is 233 Å². The molecule has 0 rings (SSSR count). The van der Waals surface area contributed by atoms with Gasteiger partial charge in [-0.25, -0.2) is 0 Å². The van der Waals surface area contributed by atoms with Crippen LogP contribution in [0.25, 0.3) is 0 Å². The van der Waals surface area contributed by atoms with Crippen LogP contribution in [0.15, 0.2) is 24.3 Å². The van der Waals surface area contributed by atoms with Crippen molar-refractivity contribution in [3.8, 4) is 0 Å². The minimum Gasteiger partial charge on any atom is -0.462 e. The first-order valence-corrected chi connectivity index (χ1v) is 22.6. The van der Waals surface area contributed by atoms with E-state index in [1.165, 1.54) is 122 Å². The van der Waals surface area contributed by atoms with E-state index in [-0.39, 0.29) is 24.9 Å². The maximum atomic E-state index is 13.1. The lowest BCUT2D eigenvalue weighted by molar-refractivity contribution is -0.151. The van der Waals surface area contributed by atoms with E-state index >= 15 is 0 Å². The Bertz CT molecular complexity index is 828. The standard InChI is InChI=1S/C46H87NO5/c1-4-7-10-13-16-19-22-24-27-30-33-36-39-46(51)52-42(37-34-31-28-25-23-20-17-14-11-8-5-2)40-45(50)47-43(41-48)44(49)38-35-32-29-26-21-18-15-12-9-6-3/h16,19,25,28,42-44,48-49H,4-15,17-18,20-24,26-27,29-41H2,1-3H3,(H,47,50)/b19-16-,28-25-. The second-order valence-corrected chi connectivity index (χ2v) is 15.4. The third-order valence-corrected chi connectivity index (χ3v) is 10.3. The van der Waals surface area contributed by atoms with E-state index in [2.05, 4.69) is 50.4 Å². The monoisotopic (exact) mass is 734 g/mol. The van der Waals surface area contributed by atoms with Gasteiger partial charge in [-0.15, -0.1) is 0 Å². The van der Waals surface area contributed by atoms with Crippen LogP contribution in [0.2, 0.25) is 0 Å². The molecule has 52 heavy (non-hydrogen) atoms. The molecule has 0 bridgehead atoms. The summed E-state index contributed by atoms with van der Waals surface area (Å²) in [7, 11) is 0. The number of rotatable bonds is 40. The minimum atomic E-state index is -0.789. The molecule has 306 valence electrons. The number of aliphatic hydroxyl groups is 2. The number of nitrogens with one attached hydrogen (secondary N) is 1. The van der Waals surface area contributed by atoms with Gasteiger partial charge in [-0.1, -0.05) is 173 Å². The van der Waals surface area contributed by atoms with Crippen LogP contribution in [-0.2, 0) is 14.3 Å². The number of amides is 1. The summed E-state index contributed by atoms with van der Waals surface area (Å²) in [6, 6.07) is -0.705. The van der Waals surface area contributed by atoms with E-state index in [9.17, 15) is 19.8 Å². The van der Waals surface area contributed by atoms with Crippen molar-refractivity contribution in [3.05, 3.63) is 24.3 Å². The van der Waals surface area contributed by atoms with Gasteiger partial charge in [-0.05, 0) is 70.6 Å². The molecule has 1 amide bonds. The van der Waals surface area contributed by atoms with Crippen molar-refractivity contribution in [2.24, 2.45) is 0 Å². The normalized spacial score (nSPS) is 13.6. The second kappa shape index (κ2) is 40.5. The summed E-state index contributed by atoms with van der Waals surface area (Å²) in [6.07, 6.45) is 43.8. The van der Waals surface area contributed by atoms with Crippen molar-refractivity contribution in [1.82, 2.24) is 5.32 Å². The summed E-state index contributed by atoms with van der Waals surface area (Å²) in [4.78, 5) is 25.9. The van der Waals surface area contributed by atoms with Gasteiger partial charge >= 0.3 is 5.97 Å². The maximum absolute atomic E-state index is 13.1. The fraction of sp³-hybridized carbons (Fsp3) is 0.870. The Morgan fingerprint density at radius 1 is 0.538 bits per heavy atom. The second-order valence-electron chi connectivity index (χ2n) is 15.4. The minimum absolute atomic E-state index is 0.0562. The number of ether oxygens (including phenoxy) is 1. The molecule has 0 aromatic carbocycles. The van der Waals surface area contributed by atoms with Gasteiger partial charge in [0, 0.05) is 6.42 Å². The van der Waals surface area contributed by atoms with E-state index in [4.69, 9.17) is 4.74 Å². The Hall–Kier alpha value is -1.66. The van der Waals surface area contributed by atoms with Gasteiger partial charge in [0.25, 0.3) is 0 Å². The van der Waals surface area contributed by atoms with Crippen molar-refractivity contribution < 1.29 is 24.5 Å². The van der Waals surface area contributed by atoms with Crippen LogP contribution >= 0.6 is 0 Å². The topological polar surface area (TPSA) is 95.9 Å². The summed E-state index contributed by atoms with van der Waals surface area (Å²) in [5.74, 6) is -0.511. The van der Waals surface area contributed by atoms with Crippen molar-refractivity contribution in [2.45, 2.75) is 251 Å². The molecule has 0 saturated heterocycles. The largest absolute Gasteiger partial charge is 0.462 e. The van der Waals surface area contributed by atoms with Crippen LogP contribution in [0.4, 0.5) is 0 Å². The summed E-state index contributed by atoms with van der Waals surface area (Å²) in [5, 5.41) is 23.6. The van der Waals surface area contributed by atoms with Crippen molar-refractivity contribution in [3.63, 3.8) is 0 Å². The molecule has 0 aliphatic carbocycles. The van der Waals surface area contributed by atoms with E-state index < -0.39 is 18.2 Å². The third kappa shape index (κ3) is 35.4. The van der Waals surface area contributed by atoms with Gasteiger partial charge in [0.15, 0.2) is 0 Å². The number of esters is 1. The fourth-order valence-electron chi connectivity index (χ4n) is 6.78. The lowest BCUT2D eigenvalue weighted by Crippen LogP contribution is -2.46. The lowest BCUT2D eigenvalue weighted by atomic mass is 10.0. The Morgan fingerprint density at radius 2 is 0.942 bits per heavy atom. The molecule has 0 aromatic rings. The Labute approximate surface area is 322 Å². The SMILES string of the molecule is CCCCC/C=C\CCCCCCCC(=O)OC(CCC/C=C\CCCCCCCC)CC(=O)NC(CO)C(O)CCCCCCCCCCCC. The molecular formula is C46H87NO5. The molecule has 0 aliphatic heterocycles. The van der Waals surface area contributed by atoms with Gasteiger partial charge in [0.1, 0.15) is 6.10 Å². The third-order valence-electron chi connectivity index (χ3n) is 10.3. The molecule has 0 heterocycles. The summed E-state index contributed by atoms with van der Waals surface area (Å²) < 4.78 is 5.87. The predicted molar refractivity (Wildman–Crippen MR) is 223 cm³/mol. The molecule has 0 radical (unpaired) electrons. The number of aliphatic hydroxyl groups excluding tert-OH is 2. The summed E-state index contributed by atoms with van der Waals surface area (Å²) in [5.41, 5.74) is 0. The van der Waals surface area contributed by atoms with Gasteiger partial charge in [-0.2, -0.15) is 0 Å². The molecular weight excluding hydrogens is 647 g/mol. The van der Waals surface area contributed by atoms with Crippen molar-refractivity contribution in [2.75, 3.05) is 6.61 Å². The molecule has 6 heteroatoms. The Kier molecular flexibility index (Phi) is 39.2. The first kappa shape index (κ1) is 50.3. The number of carbonyl (C=O) groups is 2. The highest BCUT2D eigenvalue weighted by molar-refractivity contribution is 5.77. The zero-order valence-electron chi connectivity index (χ0n) is 34.7. The average molecular weight is 734 g/mol. The fourth-order valence-corrected chi connectivity index (χ4v) is 6.78. The average Bonchev–Trinajstić information content (AvgIpc) is 3.13. The number of allylic oxidation sites excluding steroid dienone is 4. The first-order chi connectivity index (χ1) is 25.5. The molecule has 3 atom stereocenters. The Morgan fingerprint density at radius 3 is 1.44 bits per heavy atom. The van der Waals surface area contributed by atoms with Gasteiger partial charge in [0.05, 0.1) is 25.2 Å². The lowest BCUT2D eigenvalue weighted by Gasteiger charge is -2.24.